The summed E-state index contributed by atoms with van der Waals surface area (Å²) in [4.78, 5) is -0.183. The van der Waals surface area contributed by atoms with Gasteiger partial charge in [0.25, 0.3) is 10.1 Å². The number of fused-ring (bicyclic) bond motifs is 6. The highest BCUT2D eigenvalue weighted by atomic mass is 35.5. The molecule has 2 heterocycles. The average molecular weight is 825 g/mol. The predicted octanol–water partition coefficient (Wildman–Crippen LogP) is 10.4. The molecule has 0 aliphatic heterocycles. The van der Waals surface area contributed by atoms with Gasteiger partial charge in [-0.1, -0.05) is 89.6 Å². The molecule has 0 spiro atoms. The molecule has 2 aliphatic carbocycles. The first-order valence-electron chi connectivity index (χ1n) is 17.5. The van der Waals surface area contributed by atoms with Crippen LogP contribution in [0.5, 0.6) is 0 Å². The van der Waals surface area contributed by atoms with Crippen LogP contribution in [0.4, 0.5) is 0 Å². The van der Waals surface area contributed by atoms with Crippen molar-refractivity contribution < 1.29 is 22.4 Å². The van der Waals surface area contributed by atoms with Crippen LogP contribution in [0.2, 0.25) is 20.1 Å². The average Bonchev–Trinajstić information content (AvgIpc) is 3.88. The van der Waals surface area contributed by atoms with Crippen LogP contribution >= 0.6 is 46.4 Å². The number of hydrogen-bond acceptors (Lipinski definition) is 6. The van der Waals surface area contributed by atoms with Crippen molar-refractivity contribution in [1.29, 1.82) is 0 Å². The molecule has 2 aromatic heterocycles. The van der Waals surface area contributed by atoms with Crippen molar-refractivity contribution in [2.75, 3.05) is 13.2 Å². The van der Waals surface area contributed by atoms with Gasteiger partial charge in [0.15, 0.2) is 0 Å². The van der Waals surface area contributed by atoms with E-state index in [0.29, 0.717) is 63.3 Å². The number of halogens is 4. The Hall–Kier alpha value is -3.71. The number of unbranched alkanes of at least 4 members (excludes halogenated alkanes) is 3. The molecular formula is C40H34Cl4N4O5S. The highest BCUT2D eigenvalue weighted by Gasteiger charge is 2.31. The third-order valence-corrected chi connectivity index (χ3v) is 11.8. The molecule has 0 saturated heterocycles. The topological polar surface area (TPSA) is 108 Å². The molecule has 8 rings (SSSR count). The largest absolute Gasteiger partial charge is 0.375 e. The number of benzene rings is 4. The van der Waals surface area contributed by atoms with Crippen molar-refractivity contribution in [3.63, 3.8) is 0 Å². The Balaban J connectivity index is 0.854. The first-order chi connectivity index (χ1) is 26.1. The second kappa shape index (κ2) is 15.4. The van der Waals surface area contributed by atoms with E-state index in [0.717, 1.165) is 77.1 Å². The van der Waals surface area contributed by atoms with Gasteiger partial charge in [-0.05, 0) is 72.5 Å². The molecule has 0 atom stereocenters. The van der Waals surface area contributed by atoms with Crippen molar-refractivity contribution in [2.45, 2.75) is 56.6 Å². The molecule has 9 nitrogen and oxygen atoms in total. The van der Waals surface area contributed by atoms with Crippen molar-refractivity contribution in [3.05, 3.63) is 133 Å². The van der Waals surface area contributed by atoms with E-state index >= 15 is 0 Å². The molecule has 1 N–H and O–H groups in total. The number of nitrogens with zero attached hydrogens (tertiary/aromatic N) is 4. The molecule has 4 aromatic carbocycles. The molecule has 0 saturated carbocycles. The lowest BCUT2D eigenvalue weighted by atomic mass is 10.1. The molecule has 0 radical (unpaired) electrons. The van der Waals surface area contributed by atoms with Crippen LogP contribution in [0.3, 0.4) is 0 Å². The third-order valence-electron chi connectivity index (χ3n) is 9.86. The predicted molar refractivity (Wildman–Crippen MR) is 211 cm³/mol. The Morgan fingerprint density at radius 3 is 1.69 bits per heavy atom. The summed E-state index contributed by atoms with van der Waals surface area (Å²) < 4.78 is 49.5. The third kappa shape index (κ3) is 7.34. The van der Waals surface area contributed by atoms with E-state index in [1.54, 1.807) is 35.0 Å². The van der Waals surface area contributed by atoms with Gasteiger partial charge >= 0.3 is 0 Å². The monoisotopic (exact) mass is 822 g/mol. The van der Waals surface area contributed by atoms with Gasteiger partial charge in [0, 0.05) is 58.4 Å². The Morgan fingerprint density at radius 1 is 0.630 bits per heavy atom. The van der Waals surface area contributed by atoms with E-state index in [1.807, 2.05) is 22.9 Å². The molecule has 6 aromatic rings. The van der Waals surface area contributed by atoms with Crippen molar-refractivity contribution in [2.24, 2.45) is 0 Å². The number of aromatic nitrogens is 4. The summed E-state index contributed by atoms with van der Waals surface area (Å²) >= 11 is 25.5. The van der Waals surface area contributed by atoms with Crippen molar-refractivity contribution >= 4 is 56.5 Å². The number of hydrogen-bond donors (Lipinski definition) is 1. The summed E-state index contributed by atoms with van der Waals surface area (Å²) in [6, 6.07) is 23.6. The van der Waals surface area contributed by atoms with Gasteiger partial charge in [0.05, 0.1) is 62.3 Å². The Morgan fingerprint density at radius 2 is 1.15 bits per heavy atom. The van der Waals surface area contributed by atoms with Crippen LogP contribution in [0.15, 0.2) is 83.8 Å². The lowest BCUT2D eigenvalue weighted by Gasteiger charge is -2.10. The minimum atomic E-state index is -4.39. The van der Waals surface area contributed by atoms with Gasteiger partial charge in [-0.2, -0.15) is 18.6 Å². The summed E-state index contributed by atoms with van der Waals surface area (Å²) in [5.41, 5.74) is 10.9. The zero-order valence-electron chi connectivity index (χ0n) is 28.9. The van der Waals surface area contributed by atoms with Gasteiger partial charge < -0.3 is 9.47 Å². The van der Waals surface area contributed by atoms with Crippen LogP contribution in [0, 0.1) is 0 Å². The molecule has 54 heavy (non-hydrogen) atoms. The van der Waals surface area contributed by atoms with Crippen LogP contribution in [-0.2, 0) is 45.6 Å². The van der Waals surface area contributed by atoms with E-state index in [1.165, 1.54) is 17.7 Å². The normalized spacial score (nSPS) is 12.9. The summed E-state index contributed by atoms with van der Waals surface area (Å²) in [6.45, 7) is 1.87. The van der Waals surface area contributed by atoms with E-state index in [4.69, 9.17) is 66.1 Å². The van der Waals surface area contributed by atoms with Crippen LogP contribution in [0.1, 0.15) is 59.3 Å². The Kier molecular flexibility index (Phi) is 10.6. The summed E-state index contributed by atoms with van der Waals surface area (Å²) in [5.74, 6) is 0. The first-order valence-corrected chi connectivity index (χ1v) is 20.5. The zero-order chi connectivity index (χ0) is 37.6. The highest BCUT2D eigenvalue weighted by molar-refractivity contribution is 7.85. The lowest BCUT2D eigenvalue weighted by Crippen LogP contribution is -2.04. The van der Waals surface area contributed by atoms with Gasteiger partial charge in [0.2, 0.25) is 0 Å². The molecular weight excluding hydrogens is 790 g/mol. The van der Waals surface area contributed by atoms with Crippen LogP contribution in [0.25, 0.3) is 33.9 Å². The fourth-order valence-electron chi connectivity index (χ4n) is 7.28. The van der Waals surface area contributed by atoms with Crippen molar-refractivity contribution in [1.82, 2.24) is 19.6 Å². The van der Waals surface area contributed by atoms with E-state index < -0.39 is 10.1 Å². The minimum Gasteiger partial charge on any atom is -0.375 e. The van der Waals surface area contributed by atoms with Gasteiger partial charge in [-0.3, -0.25) is 4.55 Å². The van der Waals surface area contributed by atoms with Gasteiger partial charge in [0.1, 0.15) is 0 Å². The standard InChI is InChI=1S/C40H34Cl4N4O5S/c41-26-10-13-37(33(43)19-26)47-39-29-8-4-3-7-24(29)17-31(39)35(45-47)22-52-15-5-1-2-6-16-53-23-36-32-18-25-9-12-28(54(49,50)51)21-30(25)40(32)48(46-36)38-14-11-27(42)20-34(38)44/h3-4,7-14,19-21H,1-2,5-6,15-18,22-23H2,(H,49,50,51). The molecule has 2 aliphatic rings. The van der Waals surface area contributed by atoms with Crippen LogP contribution in [-0.4, -0.2) is 45.7 Å². The van der Waals surface area contributed by atoms with E-state index in [-0.39, 0.29) is 11.5 Å². The highest BCUT2D eigenvalue weighted by Crippen LogP contribution is 2.43. The molecule has 0 bridgehead atoms. The summed E-state index contributed by atoms with van der Waals surface area (Å²) in [6.07, 6.45) is 5.11. The maximum atomic E-state index is 12.0. The molecule has 278 valence electrons. The van der Waals surface area contributed by atoms with Crippen LogP contribution < -0.4 is 0 Å². The number of rotatable bonds is 14. The SMILES string of the molecule is O=S(=O)(O)c1ccc2c(c1)-c1c(c(COCCCCCCOCc3nn(-c4ccc(Cl)cc4Cl)c4c3Cc3ccccc3-4)nn1-c1ccc(Cl)cc1Cl)C2. The molecule has 0 amide bonds. The fourth-order valence-corrected chi connectivity index (χ4v) is 8.76. The first kappa shape index (κ1) is 37.2. The molecule has 0 fully saturated rings. The Labute approximate surface area is 333 Å². The summed E-state index contributed by atoms with van der Waals surface area (Å²) in [7, 11) is -4.39. The minimum absolute atomic E-state index is 0.183. The second-order valence-electron chi connectivity index (χ2n) is 13.4. The lowest BCUT2D eigenvalue weighted by molar-refractivity contribution is 0.105. The fraction of sp³-hybridized carbons (Fsp3) is 0.250. The van der Waals surface area contributed by atoms with Gasteiger partial charge in [-0.25, -0.2) is 9.36 Å². The molecule has 14 heteroatoms. The Bertz CT molecular complexity index is 2520. The second-order valence-corrected chi connectivity index (χ2v) is 16.5. The number of ether oxygens (including phenoxy) is 2. The smallest absolute Gasteiger partial charge is 0.294 e. The summed E-state index contributed by atoms with van der Waals surface area (Å²) in [5, 5.41) is 11.8. The zero-order valence-corrected chi connectivity index (χ0v) is 32.7. The quantitative estimate of drug-likeness (QED) is 0.0859. The maximum Gasteiger partial charge on any atom is 0.294 e. The van der Waals surface area contributed by atoms with Crippen molar-refractivity contribution in [3.8, 4) is 33.9 Å². The van der Waals surface area contributed by atoms with Gasteiger partial charge in [-0.15, -0.1) is 0 Å². The van der Waals surface area contributed by atoms with E-state index in [2.05, 4.69) is 18.2 Å². The van der Waals surface area contributed by atoms with E-state index in [9.17, 15) is 13.0 Å². The maximum absolute atomic E-state index is 12.0. The molecule has 0 unspecified atom stereocenters.